The molecule has 0 aromatic rings. The molecule has 0 aliphatic rings. The summed E-state index contributed by atoms with van der Waals surface area (Å²) in [4.78, 5) is 10.5. The van der Waals surface area contributed by atoms with Gasteiger partial charge in [0.2, 0.25) is 0 Å². The Bertz CT molecular complexity index is 318. The predicted molar refractivity (Wildman–Crippen MR) is 95.7 cm³/mol. The molecule has 0 saturated carbocycles. The van der Waals surface area contributed by atoms with Crippen LogP contribution in [-0.4, -0.2) is 53.8 Å². The second-order valence-corrected chi connectivity index (χ2v) is 6.06. The number of ether oxygens (including phenoxy) is 1. The second kappa shape index (κ2) is 18.3. The van der Waals surface area contributed by atoms with Gasteiger partial charge in [-0.25, -0.2) is 0 Å². The van der Waals surface area contributed by atoms with E-state index in [0.717, 1.165) is 19.3 Å². The molecule has 0 fully saturated rings. The van der Waals surface area contributed by atoms with Gasteiger partial charge in [-0.05, 0) is 18.8 Å². The minimum absolute atomic E-state index is 0. The van der Waals surface area contributed by atoms with Gasteiger partial charge in [-0.15, -0.1) is 0 Å². The first kappa shape index (κ1) is 25.2. The molecule has 0 aliphatic carbocycles. The molecule has 0 aromatic carbocycles. The summed E-state index contributed by atoms with van der Waals surface area (Å²) in [5, 5.41) is 17.9. The van der Waals surface area contributed by atoms with Crippen molar-refractivity contribution in [3.63, 3.8) is 0 Å². The topological polar surface area (TPSA) is 70.3 Å². The fourth-order valence-corrected chi connectivity index (χ4v) is 2.75. The van der Waals surface area contributed by atoms with Crippen LogP contribution in [0, 0.1) is 23.2 Å². The molecule has 0 aromatic heterocycles. The Labute approximate surface area is 164 Å². The van der Waals surface area contributed by atoms with Gasteiger partial charge in [0.25, 0.3) is 0 Å². The molecule has 0 amide bonds. The van der Waals surface area contributed by atoms with Crippen LogP contribution in [-0.2, 0) is 9.53 Å². The number of aliphatic carboxylic acids is 1. The summed E-state index contributed by atoms with van der Waals surface area (Å²) >= 11 is 0. The molecule has 4 nitrogen and oxygen atoms in total. The summed E-state index contributed by atoms with van der Waals surface area (Å²) in [6.07, 6.45) is 10.8. The van der Waals surface area contributed by atoms with Gasteiger partial charge in [-0.3, -0.25) is 4.79 Å². The summed E-state index contributed by atoms with van der Waals surface area (Å²) in [6.45, 7) is 4.93. The quantitative estimate of drug-likeness (QED) is 0.361. The van der Waals surface area contributed by atoms with Gasteiger partial charge < -0.3 is 9.84 Å². The van der Waals surface area contributed by atoms with Crippen LogP contribution >= 0.6 is 0 Å². The van der Waals surface area contributed by atoms with Crippen molar-refractivity contribution < 1.29 is 14.6 Å². The van der Waals surface area contributed by atoms with Crippen LogP contribution in [0.25, 0.3) is 0 Å². The zero-order valence-electron chi connectivity index (χ0n) is 14.4. The number of unbranched alkanes of at least 4 members (excludes halogenated alkanes) is 5. The fraction of sp³-hybridized carbons (Fsp3) is 0.889. The summed E-state index contributed by atoms with van der Waals surface area (Å²) in [5.74, 6) is -0.582. The Kier molecular flexibility index (Phi) is 20.0. The van der Waals surface area contributed by atoms with Crippen LogP contribution in [0.2, 0.25) is 0 Å². The van der Waals surface area contributed by atoms with Crippen molar-refractivity contribution in [1.82, 2.24) is 0 Å². The number of hydrogen-bond acceptors (Lipinski definition) is 3. The van der Waals surface area contributed by atoms with Crippen LogP contribution in [0.4, 0.5) is 0 Å². The molecule has 0 saturated heterocycles. The van der Waals surface area contributed by atoms with Crippen molar-refractivity contribution in [1.29, 1.82) is 5.26 Å². The average molecular weight is 335 g/mol. The Morgan fingerprint density at radius 1 is 1.09 bits per heavy atom. The van der Waals surface area contributed by atoms with E-state index < -0.39 is 5.97 Å². The zero-order chi connectivity index (χ0) is 16.6. The van der Waals surface area contributed by atoms with E-state index in [-0.39, 0.29) is 48.5 Å². The number of carboxylic acids is 1. The predicted octanol–water partition coefficient (Wildman–Crippen LogP) is 4.14. The molecular weight excluding hydrogens is 301 g/mol. The molecule has 0 rings (SSSR count). The molecule has 1 N–H and O–H groups in total. The maximum atomic E-state index is 10.5. The summed E-state index contributed by atoms with van der Waals surface area (Å²) in [7, 11) is 0. The van der Waals surface area contributed by atoms with Crippen LogP contribution in [0.15, 0.2) is 0 Å². The molecule has 130 valence electrons. The molecule has 2 atom stereocenters. The van der Waals surface area contributed by atoms with Gasteiger partial charge in [0.05, 0.1) is 31.6 Å². The van der Waals surface area contributed by atoms with E-state index in [0.29, 0.717) is 12.5 Å². The number of rotatable bonds is 15. The van der Waals surface area contributed by atoms with Crippen molar-refractivity contribution in [2.24, 2.45) is 11.8 Å². The van der Waals surface area contributed by atoms with Gasteiger partial charge in [-0.1, -0.05) is 58.8 Å². The number of carbonyl (C=O) groups is 1. The van der Waals surface area contributed by atoms with Gasteiger partial charge in [0.1, 0.15) is 0 Å². The van der Waals surface area contributed by atoms with Crippen molar-refractivity contribution in [2.75, 3.05) is 13.2 Å². The Balaban J connectivity index is 0. The monoisotopic (exact) mass is 335 g/mol. The third kappa shape index (κ3) is 15.2. The molecule has 5 heteroatoms. The van der Waals surface area contributed by atoms with E-state index in [2.05, 4.69) is 19.9 Å². The van der Waals surface area contributed by atoms with Crippen LogP contribution < -0.4 is 0 Å². The summed E-state index contributed by atoms with van der Waals surface area (Å²) < 4.78 is 5.38. The zero-order valence-corrected chi connectivity index (χ0v) is 14.4. The molecular formula is C18H34NNaO3. The molecule has 0 aliphatic heterocycles. The molecule has 23 heavy (non-hydrogen) atoms. The normalized spacial score (nSPS) is 12.9. The number of nitriles is 1. The van der Waals surface area contributed by atoms with Crippen molar-refractivity contribution >= 4 is 35.5 Å². The first-order valence-electron chi connectivity index (χ1n) is 8.84. The molecule has 0 spiro atoms. The fourth-order valence-electron chi connectivity index (χ4n) is 2.75. The van der Waals surface area contributed by atoms with Gasteiger partial charge in [-0.2, -0.15) is 5.26 Å². The number of carboxylic acid groups (broad SMARTS) is 1. The van der Waals surface area contributed by atoms with E-state index in [1.807, 2.05) is 0 Å². The van der Waals surface area contributed by atoms with E-state index in [4.69, 9.17) is 9.84 Å². The van der Waals surface area contributed by atoms with E-state index in [1.165, 1.54) is 38.5 Å². The number of nitrogens with zero attached hydrogens (tertiary/aromatic N) is 1. The van der Waals surface area contributed by atoms with Gasteiger partial charge in [0, 0.05) is 0 Å². The van der Waals surface area contributed by atoms with Crippen molar-refractivity contribution in [3.8, 4) is 6.07 Å². The molecule has 2 unspecified atom stereocenters. The van der Waals surface area contributed by atoms with Gasteiger partial charge >= 0.3 is 35.5 Å². The SMILES string of the molecule is CCCCCCCCC(CCC)C(C#N)COCCC(=O)O.[NaH]. The standard InChI is InChI=1S/C18H33NO3.Na.H/c1-3-5-6-7-8-9-11-16(10-4-2)17(14-19)15-22-13-12-18(20)21;;/h16-17H,3-13,15H2,1-2H3,(H,20,21);;. The van der Waals surface area contributed by atoms with Crippen molar-refractivity contribution in [2.45, 2.75) is 78.1 Å². The average Bonchev–Trinajstić information content (AvgIpc) is 2.50. The Hall–Kier alpha value is -0.0800. The molecule has 0 heterocycles. The van der Waals surface area contributed by atoms with Crippen LogP contribution in [0.3, 0.4) is 0 Å². The van der Waals surface area contributed by atoms with Crippen LogP contribution in [0.5, 0.6) is 0 Å². The summed E-state index contributed by atoms with van der Waals surface area (Å²) in [6, 6.07) is 2.36. The summed E-state index contributed by atoms with van der Waals surface area (Å²) in [5.41, 5.74) is 0. The first-order chi connectivity index (χ1) is 10.7. The third-order valence-corrected chi connectivity index (χ3v) is 4.08. The molecule has 0 radical (unpaired) electrons. The van der Waals surface area contributed by atoms with Gasteiger partial charge in [0.15, 0.2) is 0 Å². The second-order valence-electron chi connectivity index (χ2n) is 6.06. The van der Waals surface area contributed by atoms with E-state index in [9.17, 15) is 10.1 Å². The van der Waals surface area contributed by atoms with Crippen molar-refractivity contribution in [3.05, 3.63) is 0 Å². The maximum absolute atomic E-state index is 10.5. The first-order valence-corrected chi connectivity index (χ1v) is 8.84. The Morgan fingerprint density at radius 3 is 2.30 bits per heavy atom. The van der Waals surface area contributed by atoms with E-state index in [1.54, 1.807) is 0 Å². The third-order valence-electron chi connectivity index (χ3n) is 4.08. The molecule has 0 bridgehead atoms. The number of hydrogen-bond donors (Lipinski definition) is 1. The van der Waals surface area contributed by atoms with E-state index >= 15 is 0 Å². The minimum atomic E-state index is -0.856. The Morgan fingerprint density at radius 2 is 1.74 bits per heavy atom. The van der Waals surface area contributed by atoms with Crippen LogP contribution in [0.1, 0.15) is 78.1 Å².